The van der Waals surface area contributed by atoms with E-state index in [1.165, 1.54) is 4.90 Å². The average molecular weight is 403 g/mol. The third-order valence-electron chi connectivity index (χ3n) is 4.89. The summed E-state index contributed by atoms with van der Waals surface area (Å²) in [5.74, 6) is -0.708. The lowest BCUT2D eigenvalue weighted by atomic mass is 10.1. The summed E-state index contributed by atoms with van der Waals surface area (Å²) in [6, 6.07) is 14.3. The molecule has 0 atom stereocenters. The summed E-state index contributed by atoms with van der Waals surface area (Å²) < 4.78 is 1.75. The van der Waals surface area contributed by atoms with Gasteiger partial charge in [-0.2, -0.15) is 5.10 Å². The standard InChI is InChI=1S/C22H21N5O3/c28-20(9-5-13-27-21(29)16-6-1-2-7-17(16)22(27)30)24-12-15-26-14-10-19(25-26)18-8-3-4-11-23-18/h1-4,6-8,10-11,14H,5,9,12-13,15H2,(H,24,28). The molecule has 1 aliphatic heterocycles. The van der Waals surface area contributed by atoms with Gasteiger partial charge in [0, 0.05) is 31.9 Å². The molecule has 2 aromatic heterocycles. The molecule has 1 aromatic carbocycles. The van der Waals surface area contributed by atoms with E-state index in [0.717, 1.165) is 11.4 Å². The van der Waals surface area contributed by atoms with Gasteiger partial charge in [-0.05, 0) is 36.8 Å². The van der Waals surface area contributed by atoms with E-state index in [9.17, 15) is 14.4 Å². The summed E-state index contributed by atoms with van der Waals surface area (Å²) in [6.45, 7) is 1.21. The van der Waals surface area contributed by atoms with Gasteiger partial charge in [0.15, 0.2) is 0 Å². The summed E-state index contributed by atoms with van der Waals surface area (Å²) in [7, 11) is 0. The maximum Gasteiger partial charge on any atom is 0.261 e. The van der Waals surface area contributed by atoms with Crippen LogP contribution in [0.1, 0.15) is 33.6 Å². The molecule has 152 valence electrons. The molecule has 8 nitrogen and oxygen atoms in total. The molecule has 0 radical (unpaired) electrons. The van der Waals surface area contributed by atoms with Crippen LogP contribution >= 0.6 is 0 Å². The summed E-state index contributed by atoms with van der Waals surface area (Å²) in [5, 5.41) is 7.29. The molecule has 3 aromatic rings. The van der Waals surface area contributed by atoms with E-state index in [-0.39, 0.29) is 30.7 Å². The summed E-state index contributed by atoms with van der Waals surface area (Å²) in [5.41, 5.74) is 2.43. The normalized spacial score (nSPS) is 12.9. The number of benzene rings is 1. The van der Waals surface area contributed by atoms with Crippen LogP contribution in [-0.4, -0.2) is 50.5 Å². The van der Waals surface area contributed by atoms with Crippen molar-refractivity contribution >= 4 is 17.7 Å². The number of nitrogens with one attached hydrogen (secondary N) is 1. The maximum atomic E-state index is 12.3. The van der Waals surface area contributed by atoms with Gasteiger partial charge in [-0.3, -0.25) is 28.9 Å². The van der Waals surface area contributed by atoms with Gasteiger partial charge >= 0.3 is 0 Å². The molecule has 0 bridgehead atoms. The van der Waals surface area contributed by atoms with Crippen molar-refractivity contribution in [2.45, 2.75) is 19.4 Å². The van der Waals surface area contributed by atoms with E-state index in [4.69, 9.17) is 0 Å². The van der Waals surface area contributed by atoms with Crippen LogP contribution in [0.25, 0.3) is 11.4 Å². The van der Waals surface area contributed by atoms with Gasteiger partial charge in [0.25, 0.3) is 11.8 Å². The minimum absolute atomic E-state index is 0.122. The SMILES string of the molecule is O=C(CCCN1C(=O)c2ccccc2C1=O)NCCn1ccc(-c2ccccn2)n1. The largest absolute Gasteiger partial charge is 0.354 e. The molecular weight excluding hydrogens is 382 g/mol. The van der Waals surface area contributed by atoms with Gasteiger partial charge in [0.2, 0.25) is 5.91 Å². The van der Waals surface area contributed by atoms with Crippen LogP contribution in [0.15, 0.2) is 60.9 Å². The Morgan fingerprint density at radius 3 is 2.33 bits per heavy atom. The Morgan fingerprint density at radius 2 is 1.63 bits per heavy atom. The zero-order chi connectivity index (χ0) is 20.9. The highest BCUT2D eigenvalue weighted by Gasteiger charge is 2.34. The predicted octanol–water partition coefficient (Wildman–Crippen LogP) is 2.14. The number of hydrogen-bond acceptors (Lipinski definition) is 5. The molecule has 3 heterocycles. The predicted molar refractivity (Wildman–Crippen MR) is 110 cm³/mol. The summed E-state index contributed by atoms with van der Waals surface area (Å²) in [6.07, 6.45) is 4.23. The van der Waals surface area contributed by atoms with Crippen molar-refractivity contribution in [2.75, 3.05) is 13.1 Å². The number of imide groups is 1. The molecular formula is C22H21N5O3. The highest BCUT2D eigenvalue weighted by atomic mass is 16.2. The Balaban J connectivity index is 1.19. The average Bonchev–Trinajstić information content (AvgIpc) is 3.34. The summed E-state index contributed by atoms with van der Waals surface area (Å²) in [4.78, 5) is 42.2. The fraction of sp³-hybridized carbons (Fsp3) is 0.227. The van der Waals surface area contributed by atoms with Crippen molar-refractivity contribution in [3.8, 4) is 11.4 Å². The van der Waals surface area contributed by atoms with E-state index >= 15 is 0 Å². The first-order valence-electron chi connectivity index (χ1n) is 9.80. The number of amides is 3. The topological polar surface area (TPSA) is 97.2 Å². The third kappa shape index (κ3) is 4.12. The van der Waals surface area contributed by atoms with Gasteiger partial charge in [0.05, 0.1) is 23.4 Å². The van der Waals surface area contributed by atoms with Gasteiger partial charge in [-0.25, -0.2) is 0 Å². The number of rotatable bonds is 8. The summed E-state index contributed by atoms with van der Waals surface area (Å²) >= 11 is 0. The first kappa shape index (κ1) is 19.5. The fourth-order valence-electron chi connectivity index (χ4n) is 3.38. The van der Waals surface area contributed by atoms with Crippen LogP contribution in [-0.2, 0) is 11.3 Å². The van der Waals surface area contributed by atoms with Crippen molar-refractivity contribution in [1.82, 2.24) is 25.0 Å². The van der Waals surface area contributed by atoms with E-state index in [1.807, 2.05) is 30.5 Å². The van der Waals surface area contributed by atoms with E-state index in [2.05, 4.69) is 15.4 Å². The quantitative estimate of drug-likeness (QED) is 0.581. The molecule has 0 unspecified atom stereocenters. The highest BCUT2D eigenvalue weighted by molar-refractivity contribution is 6.21. The smallest absolute Gasteiger partial charge is 0.261 e. The van der Waals surface area contributed by atoms with Gasteiger partial charge in [-0.1, -0.05) is 18.2 Å². The lowest BCUT2D eigenvalue weighted by Crippen LogP contribution is -2.32. The molecule has 30 heavy (non-hydrogen) atoms. The van der Waals surface area contributed by atoms with Gasteiger partial charge in [0.1, 0.15) is 5.69 Å². The molecule has 3 amide bonds. The number of pyridine rings is 1. The maximum absolute atomic E-state index is 12.3. The molecule has 1 aliphatic rings. The zero-order valence-electron chi connectivity index (χ0n) is 16.3. The monoisotopic (exact) mass is 403 g/mol. The van der Waals surface area contributed by atoms with Crippen molar-refractivity contribution in [3.05, 3.63) is 72.1 Å². The van der Waals surface area contributed by atoms with Crippen molar-refractivity contribution in [2.24, 2.45) is 0 Å². The highest BCUT2D eigenvalue weighted by Crippen LogP contribution is 2.22. The van der Waals surface area contributed by atoms with Crippen LogP contribution in [0.4, 0.5) is 0 Å². The second-order valence-electron chi connectivity index (χ2n) is 6.94. The van der Waals surface area contributed by atoms with Gasteiger partial charge < -0.3 is 5.32 Å². The molecule has 0 aliphatic carbocycles. The van der Waals surface area contributed by atoms with E-state index in [0.29, 0.717) is 30.6 Å². The second kappa shape index (κ2) is 8.69. The molecule has 0 saturated heterocycles. The van der Waals surface area contributed by atoms with Crippen molar-refractivity contribution in [1.29, 1.82) is 0 Å². The lowest BCUT2D eigenvalue weighted by Gasteiger charge is -2.13. The fourth-order valence-corrected chi connectivity index (χ4v) is 3.38. The minimum atomic E-state index is -0.293. The van der Waals surface area contributed by atoms with E-state index < -0.39 is 0 Å². The molecule has 8 heteroatoms. The Labute approximate surface area is 173 Å². The number of fused-ring (bicyclic) bond motifs is 1. The Hall–Kier alpha value is -3.81. The second-order valence-corrected chi connectivity index (χ2v) is 6.94. The number of carbonyl (C=O) groups excluding carboxylic acids is 3. The van der Waals surface area contributed by atoms with Crippen LogP contribution < -0.4 is 5.32 Å². The van der Waals surface area contributed by atoms with Crippen LogP contribution in [0.2, 0.25) is 0 Å². The van der Waals surface area contributed by atoms with Crippen LogP contribution in [0.5, 0.6) is 0 Å². The number of carbonyl (C=O) groups is 3. The van der Waals surface area contributed by atoms with E-state index in [1.54, 1.807) is 35.1 Å². The van der Waals surface area contributed by atoms with Crippen molar-refractivity contribution in [3.63, 3.8) is 0 Å². The molecule has 0 fully saturated rings. The Bertz CT molecular complexity index is 1040. The zero-order valence-corrected chi connectivity index (χ0v) is 16.3. The van der Waals surface area contributed by atoms with Crippen molar-refractivity contribution < 1.29 is 14.4 Å². The molecule has 0 spiro atoms. The number of hydrogen-bond donors (Lipinski definition) is 1. The Morgan fingerprint density at radius 1 is 0.900 bits per heavy atom. The molecule has 1 N–H and O–H groups in total. The minimum Gasteiger partial charge on any atom is -0.354 e. The molecule has 4 rings (SSSR count). The first-order chi connectivity index (χ1) is 14.6. The third-order valence-corrected chi connectivity index (χ3v) is 4.89. The lowest BCUT2D eigenvalue weighted by molar-refractivity contribution is -0.121. The number of nitrogens with zero attached hydrogens (tertiary/aromatic N) is 4. The number of aromatic nitrogens is 3. The Kier molecular flexibility index (Phi) is 5.65. The van der Waals surface area contributed by atoms with Crippen LogP contribution in [0, 0.1) is 0 Å². The first-order valence-corrected chi connectivity index (χ1v) is 9.80. The van der Waals surface area contributed by atoms with Gasteiger partial charge in [-0.15, -0.1) is 0 Å². The molecule has 0 saturated carbocycles. The van der Waals surface area contributed by atoms with Crippen LogP contribution in [0.3, 0.4) is 0 Å².